The molecule has 0 saturated carbocycles. The van der Waals surface area contributed by atoms with Crippen LogP contribution in [-0.2, 0) is 6.54 Å². The topological polar surface area (TPSA) is 24.9 Å². The molecule has 1 aromatic rings. The lowest BCUT2D eigenvalue weighted by Gasteiger charge is -2.18. The number of benzene rings is 1. The van der Waals surface area contributed by atoms with Crippen LogP contribution in [0.15, 0.2) is 30.6 Å². The zero-order valence-electron chi connectivity index (χ0n) is 10.5. The molecule has 4 nitrogen and oxygen atoms in total. The van der Waals surface area contributed by atoms with Gasteiger partial charge in [0.2, 0.25) is 0 Å². The highest BCUT2D eigenvalue weighted by Gasteiger charge is 2.10. The fourth-order valence-corrected chi connectivity index (χ4v) is 1.91. The first kappa shape index (κ1) is 11.6. The molecule has 0 bridgehead atoms. The smallest absolute Gasteiger partial charge is 0.161 e. The maximum absolute atomic E-state index is 5.29. The van der Waals surface area contributed by atoms with Gasteiger partial charge in [-0.2, -0.15) is 0 Å². The molecule has 1 aliphatic heterocycles. The summed E-state index contributed by atoms with van der Waals surface area (Å²) in [5, 5.41) is 0. The number of nitrogens with zero attached hydrogens (tertiary/aromatic N) is 2. The van der Waals surface area contributed by atoms with E-state index in [1.165, 1.54) is 5.56 Å². The highest BCUT2D eigenvalue weighted by molar-refractivity contribution is 5.42. The normalized spacial score (nSPS) is 14.3. The lowest BCUT2D eigenvalue weighted by atomic mass is 10.2. The van der Waals surface area contributed by atoms with E-state index in [9.17, 15) is 0 Å². The van der Waals surface area contributed by atoms with Crippen molar-refractivity contribution in [2.24, 2.45) is 0 Å². The zero-order valence-corrected chi connectivity index (χ0v) is 10.5. The van der Waals surface area contributed by atoms with Crippen LogP contribution >= 0.6 is 0 Å². The van der Waals surface area contributed by atoms with Gasteiger partial charge in [0, 0.05) is 26.0 Å². The number of hydrogen-bond donors (Lipinski definition) is 0. The predicted molar refractivity (Wildman–Crippen MR) is 66.9 cm³/mol. The van der Waals surface area contributed by atoms with Crippen molar-refractivity contribution in [2.75, 3.05) is 27.9 Å². The summed E-state index contributed by atoms with van der Waals surface area (Å²) in [6, 6.07) is 6.02. The van der Waals surface area contributed by atoms with Gasteiger partial charge in [-0.05, 0) is 17.7 Å². The maximum atomic E-state index is 5.29. The first-order valence-electron chi connectivity index (χ1n) is 5.56. The summed E-state index contributed by atoms with van der Waals surface area (Å²) in [7, 11) is 5.37. The van der Waals surface area contributed by atoms with Crippen LogP contribution in [0.3, 0.4) is 0 Å². The van der Waals surface area contributed by atoms with Gasteiger partial charge in [0.25, 0.3) is 0 Å². The van der Waals surface area contributed by atoms with Gasteiger partial charge >= 0.3 is 0 Å². The van der Waals surface area contributed by atoms with Crippen molar-refractivity contribution in [2.45, 2.75) is 6.54 Å². The van der Waals surface area contributed by atoms with E-state index in [1.807, 2.05) is 12.1 Å². The molecule has 0 unspecified atom stereocenters. The van der Waals surface area contributed by atoms with Gasteiger partial charge in [-0.1, -0.05) is 6.07 Å². The largest absolute Gasteiger partial charge is 0.493 e. The molecule has 0 spiro atoms. The molecule has 4 heteroatoms. The second kappa shape index (κ2) is 4.99. The second-order valence-electron chi connectivity index (χ2n) is 4.13. The molecule has 0 amide bonds. The van der Waals surface area contributed by atoms with Crippen molar-refractivity contribution in [3.05, 3.63) is 36.2 Å². The van der Waals surface area contributed by atoms with Crippen molar-refractivity contribution in [3.63, 3.8) is 0 Å². The summed E-state index contributed by atoms with van der Waals surface area (Å²) in [5.74, 6) is 1.55. The van der Waals surface area contributed by atoms with Gasteiger partial charge in [-0.15, -0.1) is 0 Å². The summed E-state index contributed by atoms with van der Waals surface area (Å²) in [5.41, 5.74) is 1.21. The highest BCUT2D eigenvalue weighted by Crippen LogP contribution is 2.28. The molecule has 0 N–H and O–H groups in total. The van der Waals surface area contributed by atoms with Crippen LogP contribution in [0.2, 0.25) is 0 Å². The molecular weight excluding hydrogens is 216 g/mol. The fraction of sp³-hybridized carbons (Fsp3) is 0.385. The predicted octanol–water partition coefficient (Wildman–Crippen LogP) is 1.88. The van der Waals surface area contributed by atoms with Crippen LogP contribution in [0, 0.1) is 0 Å². The second-order valence-corrected chi connectivity index (χ2v) is 4.13. The van der Waals surface area contributed by atoms with Crippen molar-refractivity contribution in [1.82, 2.24) is 9.80 Å². The monoisotopic (exact) mass is 234 g/mol. The molecule has 1 heterocycles. The Bertz CT molecular complexity index is 418. The number of rotatable bonds is 4. The Balaban J connectivity index is 2.09. The van der Waals surface area contributed by atoms with Gasteiger partial charge in [-0.25, -0.2) is 0 Å². The Kier molecular flexibility index (Phi) is 3.42. The third-order valence-electron chi connectivity index (χ3n) is 2.77. The van der Waals surface area contributed by atoms with Gasteiger partial charge in [0.05, 0.1) is 20.9 Å². The summed E-state index contributed by atoms with van der Waals surface area (Å²) in [4.78, 5) is 4.38. The molecule has 17 heavy (non-hydrogen) atoms. The quantitative estimate of drug-likeness (QED) is 0.794. The first-order valence-corrected chi connectivity index (χ1v) is 5.56. The lowest BCUT2D eigenvalue weighted by molar-refractivity contribution is 0.290. The van der Waals surface area contributed by atoms with Crippen molar-refractivity contribution in [1.29, 1.82) is 0 Å². The Morgan fingerprint density at radius 2 is 1.88 bits per heavy atom. The minimum absolute atomic E-state index is 0.769. The van der Waals surface area contributed by atoms with Gasteiger partial charge in [0.1, 0.15) is 0 Å². The molecular formula is C13H18N2O2. The molecule has 2 rings (SSSR count). The van der Waals surface area contributed by atoms with E-state index in [0.717, 1.165) is 24.7 Å². The third kappa shape index (κ3) is 2.64. The molecule has 0 saturated heterocycles. The molecule has 0 radical (unpaired) electrons. The minimum Gasteiger partial charge on any atom is -0.493 e. The summed E-state index contributed by atoms with van der Waals surface area (Å²) in [6.45, 7) is 1.80. The number of methoxy groups -OCH3 is 2. The average molecular weight is 234 g/mol. The molecule has 1 aliphatic rings. The number of hydrogen-bond acceptors (Lipinski definition) is 4. The molecule has 1 aromatic carbocycles. The third-order valence-corrected chi connectivity index (χ3v) is 2.77. The van der Waals surface area contributed by atoms with Crippen LogP contribution in [0.5, 0.6) is 11.5 Å². The standard InChI is InChI=1S/C13H18N2O2/c1-14-6-7-15(10-14)9-11-4-5-12(16-2)13(8-11)17-3/h4-8H,9-10H2,1-3H3. The molecule has 92 valence electrons. The van der Waals surface area contributed by atoms with E-state index in [-0.39, 0.29) is 0 Å². The maximum Gasteiger partial charge on any atom is 0.161 e. The van der Waals surface area contributed by atoms with Crippen LogP contribution in [0.4, 0.5) is 0 Å². The van der Waals surface area contributed by atoms with Crippen molar-refractivity contribution < 1.29 is 9.47 Å². The molecule has 0 atom stereocenters. The Labute approximate surface area is 102 Å². The number of ether oxygens (including phenoxy) is 2. The zero-order chi connectivity index (χ0) is 12.3. The van der Waals surface area contributed by atoms with Gasteiger partial charge in [-0.3, -0.25) is 0 Å². The first-order chi connectivity index (χ1) is 8.22. The summed E-state index contributed by atoms with van der Waals surface area (Å²) in [6.07, 6.45) is 4.16. The van der Waals surface area contributed by atoms with Crippen LogP contribution in [-0.4, -0.2) is 37.7 Å². The molecule has 0 aliphatic carbocycles. The Hall–Kier alpha value is -1.84. The SMILES string of the molecule is COc1ccc(CN2C=CN(C)C2)cc1OC. The Morgan fingerprint density at radius 1 is 1.12 bits per heavy atom. The average Bonchev–Trinajstić information content (AvgIpc) is 2.74. The van der Waals surface area contributed by atoms with Gasteiger partial charge < -0.3 is 19.3 Å². The van der Waals surface area contributed by atoms with Crippen LogP contribution < -0.4 is 9.47 Å². The summed E-state index contributed by atoms with van der Waals surface area (Å²) >= 11 is 0. The molecule has 0 aromatic heterocycles. The summed E-state index contributed by atoms with van der Waals surface area (Å²) < 4.78 is 10.5. The van der Waals surface area contributed by atoms with Crippen molar-refractivity contribution in [3.8, 4) is 11.5 Å². The molecule has 0 fully saturated rings. The van der Waals surface area contributed by atoms with Gasteiger partial charge in [0.15, 0.2) is 11.5 Å². The minimum atomic E-state index is 0.769. The van der Waals surface area contributed by atoms with E-state index in [0.29, 0.717) is 0 Å². The van der Waals surface area contributed by atoms with Crippen molar-refractivity contribution >= 4 is 0 Å². The van der Waals surface area contributed by atoms with E-state index in [4.69, 9.17) is 9.47 Å². The van der Waals surface area contributed by atoms with Crippen LogP contribution in [0.1, 0.15) is 5.56 Å². The van der Waals surface area contributed by atoms with E-state index >= 15 is 0 Å². The fourth-order valence-electron chi connectivity index (χ4n) is 1.91. The van der Waals surface area contributed by atoms with E-state index < -0.39 is 0 Å². The van der Waals surface area contributed by atoms with E-state index in [2.05, 4.69) is 35.3 Å². The van der Waals surface area contributed by atoms with E-state index in [1.54, 1.807) is 14.2 Å². The highest BCUT2D eigenvalue weighted by atomic mass is 16.5. The van der Waals surface area contributed by atoms with Crippen LogP contribution in [0.25, 0.3) is 0 Å². The lowest BCUT2D eigenvalue weighted by Crippen LogP contribution is -2.21. The Morgan fingerprint density at radius 3 is 2.47 bits per heavy atom.